The molecule has 2 aromatic carbocycles. The van der Waals surface area contributed by atoms with E-state index in [1.807, 2.05) is 30.3 Å². The minimum atomic E-state index is -4.43. The highest BCUT2D eigenvalue weighted by atomic mass is 19.4. The van der Waals surface area contributed by atoms with Gasteiger partial charge in [-0.1, -0.05) is 30.3 Å². The van der Waals surface area contributed by atoms with Crippen molar-refractivity contribution in [3.63, 3.8) is 0 Å². The molecule has 1 aliphatic heterocycles. The van der Waals surface area contributed by atoms with Gasteiger partial charge in [-0.05, 0) is 42.7 Å². The molecular formula is C22H23F3N2O2. The maximum Gasteiger partial charge on any atom is 0.416 e. The van der Waals surface area contributed by atoms with Crippen molar-refractivity contribution in [1.82, 2.24) is 9.80 Å². The minimum Gasteiger partial charge on any atom is -0.341 e. The third kappa shape index (κ3) is 5.59. The molecule has 0 radical (unpaired) electrons. The molecule has 0 bridgehead atoms. The fourth-order valence-corrected chi connectivity index (χ4v) is 3.41. The van der Waals surface area contributed by atoms with Crippen LogP contribution in [0.2, 0.25) is 0 Å². The van der Waals surface area contributed by atoms with Crippen LogP contribution in [0, 0.1) is 0 Å². The van der Waals surface area contributed by atoms with E-state index in [4.69, 9.17) is 0 Å². The molecule has 4 nitrogen and oxygen atoms in total. The van der Waals surface area contributed by atoms with Crippen LogP contribution in [0.5, 0.6) is 0 Å². The van der Waals surface area contributed by atoms with Gasteiger partial charge in [-0.25, -0.2) is 0 Å². The molecule has 0 N–H and O–H groups in total. The molecule has 0 unspecified atom stereocenters. The first-order chi connectivity index (χ1) is 13.8. The van der Waals surface area contributed by atoms with E-state index in [9.17, 15) is 22.8 Å². The van der Waals surface area contributed by atoms with Gasteiger partial charge >= 0.3 is 6.18 Å². The lowest BCUT2D eigenvalue weighted by atomic mass is 10.1. The van der Waals surface area contributed by atoms with Gasteiger partial charge in [-0.2, -0.15) is 13.2 Å². The molecule has 1 fully saturated rings. The molecule has 0 aromatic heterocycles. The molecule has 3 rings (SSSR count). The summed E-state index contributed by atoms with van der Waals surface area (Å²) in [4.78, 5) is 28.5. The molecule has 0 aliphatic carbocycles. The Morgan fingerprint density at radius 1 is 0.828 bits per heavy atom. The minimum absolute atomic E-state index is 0.0534. The zero-order valence-corrected chi connectivity index (χ0v) is 16.0. The molecule has 1 aliphatic rings. The highest BCUT2D eigenvalue weighted by Crippen LogP contribution is 2.29. The number of carbonyl (C=O) groups is 2. The Kier molecular flexibility index (Phi) is 6.56. The predicted molar refractivity (Wildman–Crippen MR) is 103 cm³/mol. The molecule has 29 heavy (non-hydrogen) atoms. The third-order valence-electron chi connectivity index (χ3n) is 5.07. The van der Waals surface area contributed by atoms with Crippen molar-refractivity contribution >= 4 is 11.8 Å². The van der Waals surface area contributed by atoms with E-state index in [-0.39, 0.29) is 17.4 Å². The fourth-order valence-electron chi connectivity index (χ4n) is 3.41. The van der Waals surface area contributed by atoms with Crippen LogP contribution in [-0.2, 0) is 17.4 Å². The number of hydrogen-bond donors (Lipinski definition) is 0. The second-order valence-corrected chi connectivity index (χ2v) is 7.09. The molecule has 154 valence electrons. The molecule has 1 saturated heterocycles. The first-order valence-electron chi connectivity index (χ1n) is 9.63. The van der Waals surface area contributed by atoms with Crippen molar-refractivity contribution in [2.45, 2.75) is 25.4 Å². The monoisotopic (exact) mass is 404 g/mol. The van der Waals surface area contributed by atoms with Crippen LogP contribution < -0.4 is 0 Å². The van der Waals surface area contributed by atoms with Gasteiger partial charge in [0.1, 0.15) is 0 Å². The van der Waals surface area contributed by atoms with Crippen molar-refractivity contribution < 1.29 is 22.8 Å². The molecule has 0 saturated carbocycles. The molecule has 0 spiro atoms. The second-order valence-electron chi connectivity index (χ2n) is 7.09. The van der Waals surface area contributed by atoms with E-state index in [0.29, 0.717) is 45.4 Å². The van der Waals surface area contributed by atoms with E-state index >= 15 is 0 Å². The smallest absolute Gasteiger partial charge is 0.341 e. The first kappa shape index (κ1) is 20.9. The van der Waals surface area contributed by atoms with E-state index in [1.54, 1.807) is 9.80 Å². The normalized spacial score (nSPS) is 15.1. The largest absolute Gasteiger partial charge is 0.416 e. The second kappa shape index (κ2) is 9.11. The van der Waals surface area contributed by atoms with Crippen LogP contribution in [0.3, 0.4) is 0 Å². The first-order valence-corrected chi connectivity index (χ1v) is 9.63. The Morgan fingerprint density at radius 2 is 1.45 bits per heavy atom. The Bertz CT molecular complexity index is 835. The lowest BCUT2D eigenvalue weighted by Gasteiger charge is -2.22. The summed E-state index contributed by atoms with van der Waals surface area (Å²) in [6.07, 6.45) is -2.70. The average Bonchev–Trinajstić information content (AvgIpc) is 2.98. The summed E-state index contributed by atoms with van der Waals surface area (Å²) in [5.41, 5.74) is 0.553. The molecule has 2 aromatic rings. The Hall–Kier alpha value is -2.83. The summed E-state index contributed by atoms with van der Waals surface area (Å²) in [6.45, 7) is 1.85. The number of aryl methyl sites for hydroxylation is 1. The van der Waals surface area contributed by atoms with Crippen molar-refractivity contribution in [2.75, 3.05) is 26.2 Å². The van der Waals surface area contributed by atoms with Gasteiger partial charge in [0.25, 0.3) is 5.91 Å². The van der Waals surface area contributed by atoms with Crippen LogP contribution in [0.4, 0.5) is 13.2 Å². The highest BCUT2D eigenvalue weighted by molar-refractivity contribution is 5.94. The van der Waals surface area contributed by atoms with E-state index in [0.717, 1.165) is 17.7 Å². The van der Waals surface area contributed by atoms with Crippen molar-refractivity contribution in [2.24, 2.45) is 0 Å². The van der Waals surface area contributed by atoms with E-state index < -0.39 is 11.7 Å². The lowest BCUT2D eigenvalue weighted by Crippen LogP contribution is -2.37. The standard InChI is InChI=1S/C22H23F3N2O2/c23-22(24,25)19-10-8-18(9-11-19)21(29)27-14-4-13-26(15-16-27)20(28)12-7-17-5-2-1-3-6-17/h1-3,5-6,8-11H,4,7,12-16H2. The zero-order valence-electron chi connectivity index (χ0n) is 16.0. The zero-order chi connectivity index (χ0) is 20.9. The maximum absolute atomic E-state index is 12.7. The van der Waals surface area contributed by atoms with Crippen molar-refractivity contribution in [3.8, 4) is 0 Å². The average molecular weight is 404 g/mol. The van der Waals surface area contributed by atoms with E-state index in [1.165, 1.54) is 12.1 Å². The maximum atomic E-state index is 12.7. The van der Waals surface area contributed by atoms with Gasteiger partial charge in [-0.15, -0.1) is 0 Å². The van der Waals surface area contributed by atoms with Gasteiger partial charge in [-0.3, -0.25) is 9.59 Å². The number of carbonyl (C=O) groups excluding carboxylic acids is 2. The number of halogens is 3. The van der Waals surface area contributed by atoms with Gasteiger partial charge in [0.2, 0.25) is 5.91 Å². The number of hydrogen-bond acceptors (Lipinski definition) is 2. The number of benzene rings is 2. The summed E-state index contributed by atoms with van der Waals surface area (Å²) in [6, 6.07) is 14.0. The van der Waals surface area contributed by atoms with Gasteiger partial charge < -0.3 is 9.80 Å². The summed E-state index contributed by atoms with van der Waals surface area (Å²) < 4.78 is 38.1. The van der Waals surface area contributed by atoms with Crippen LogP contribution >= 0.6 is 0 Å². The molecule has 1 heterocycles. The summed E-state index contributed by atoms with van der Waals surface area (Å²) in [5.74, 6) is -0.255. The van der Waals surface area contributed by atoms with Gasteiger partial charge in [0.15, 0.2) is 0 Å². The van der Waals surface area contributed by atoms with Gasteiger partial charge in [0, 0.05) is 38.2 Å². The molecule has 0 atom stereocenters. The third-order valence-corrected chi connectivity index (χ3v) is 5.07. The molecule has 7 heteroatoms. The predicted octanol–water partition coefficient (Wildman–Crippen LogP) is 4.01. The summed E-state index contributed by atoms with van der Waals surface area (Å²) in [5, 5.41) is 0. The van der Waals surface area contributed by atoms with Crippen molar-refractivity contribution in [3.05, 3.63) is 71.3 Å². The van der Waals surface area contributed by atoms with Crippen LogP contribution in [0.15, 0.2) is 54.6 Å². The molecule has 2 amide bonds. The Morgan fingerprint density at radius 3 is 2.10 bits per heavy atom. The summed E-state index contributed by atoms with van der Waals surface area (Å²) in [7, 11) is 0. The number of nitrogens with zero attached hydrogens (tertiary/aromatic N) is 2. The van der Waals surface area contributed by atoms with Gasteiger partial charge in [0.05, 0.1) is 5.56 Å². The fraction of sp³-hybridized carbons (Fsp3) is 0.364. The van der Waals surface area contributed by atoms with Crippen molar-refractivity contribution in [1.29, 1.82) is 0 Å². The number of rotatable bonds is 4. The SMILES string of the molecule is O=C(CCc1ccccc1)N1CCCN(C(=O)c2ccc(C(F)(F)F)cc2)CC1. The number of alkyl halides is 3. The number of amides is 2. The molecular weight excluding hydrogens is 381 g/mol. The summed E-state index contributed by atoms with van der Waals surface area (Å²) >= 11 is 0. The van der Waals surface area contributed by atoms with E-state index in [2.05, 4.69) is 0 Å². The quantitative estimate of drug-likeness (QED) is 0.773. The van der Waals surface area contributed by atoms with Crippen LogP contribution in [-0.4, -0.2) is 47.8 Å². The van der Waals surface area contributed by atoms with Crippen LogP contribution in [0.1, 0.15) is 34.3 Å². The topological polar surface area (TPSA) is 40.6 Å². The Labute approximate surface area is 167 Å². The highest BCUT2D eigenvalue weighted by Gasteiger charge is 2.30. The lowest BCUT2D eigenvalue weighted by molar-refractivity contribution is -0.137. The van der Waals surface area contributed by atoms with Crippen LogP contribution in [0.25, 0.3) is 0 Å². The Balaban J connectivity index is 1.55.